The molecule has 0 unspecified atom stereocenters. The predicted molar refractivity (Wildman–Crippen MR) is 86.1 cm³/mol. The third-order valence-electron chi connectivity index (χ3n) is 3.89. The Bertz CT molecular complexity index is 621. The molecule has 23 heavy (non-hydrogen) atoms. The third kappa shape index (κ3) is 4.18. The summed E-state index contributed by atoms with van der Waals surface area (Å²) in [6.45, 7) is 5.14. The van der Waals surface area contributed by atoms with Crippen LogP contribution >= 0.6 is 0 Å². The van der Waals surface area contributed by atoms with E-state index in [4.69, 9.17) is 9.26 Å². The first-order valence-corrected chi connectivity index (χ1v) is 7.93. The molecule has 2 heterocycles. The molecule has 122 valence electrons. The van der Waals surface area contributed by atoms with Gasteiger partial charge in [-0.1, -0.05) is 35.5 Å². The molecule has 1 aromatic carbocycles. The molecule has 1 saturated heterocycles. The van der Waals surface area contributed by atoms with Gasteiger partial charge in [-0.15, -0.1) is 0 Å². The summed E-state index contributed by atoms with van der Waals surface area (Å²) in [6.07, 6.45) is 2.39. The third-order valence-corrected chi connectivity index (χ3v) is 3.89. The number of hydrogen-bond donors (Lipinski definition) is 1. The lowest BCUT2D eigenvalue weighted by molar-refractivity contribution is 0.0374. The Morgan fingerprint density at radius 3 is 2.78 bits per heavy atom. The molecular formula is C17H21N3O3. The predicted octanol–water partition coefficient (Wildman–Crippen LogP) is 1.79. The van der Waals surface area contributed by atoms with Crippen molar-refractivity contribution in [1.29, 1.82) is 0 Å². The van der Waals surface area contributed by atoms with Gasteiger partial charge in [0.2, 0.25) is 0 Å². The Hall–Kier alpha value is -2.18. The summed E-state index contributed by atoms with van der Waals surface area (Å²) >= 11 is 0. The van der Waals surface area contributed by atoms with E-state index in [0.717, 1.165) is 44.8 Å². The molecule has 0 radical (unpaired) electrons. The molecule has 1 aliphatic heterocycles. The summed E-state index contributed by atoms with van der Waals surface area (Å²) in [7, 11) is 0. The average Bonchev–Trinajstić information content (AvgIpc) is 3.10. The number of hydrogen-bond acceptors (Lipinski definition) is 5. The second-order valence-corrected chi connectivity index (χ2v) is 5.50. The molecule has 6 nitrogen and oxygen atoms in total. The van der Waals surface area contributed by atoms with E-state index in [-0.39, 0.29) is 5.91 Å². The Morgan fingerprint density at radius 2 is 2.00 bits per heavy atom. The van der Waals surface area contributed by atoms with E-state index in [9.17, 15) is 4.79 Å². The van der Waals surface area contributed by atoms with Crippen LogP contribution in [0.4, 0.5) is 0 Å². The highest BCUT2D eigenvalue weighted by atomic mass is 16.5. The summed E-state index contributed by atoms with van der Waals surface area (Å²) in [5, 5.41) is 6.70. The number of morpholine rings is 1. The topological polar surface area (TPSA) is 67.6 Å². The maximum absolute atomic E-state index is 12.3. The number of amides is 1. The van der Waals surface area contributed by atoms with E-state index in [1.54, 1.807) is 0 Å². The van der Waals surface area contributed by atoms with Gasteiger partial charge in [-0.2, -0.15) is 0 Å². The molecule has 0 atom stereocenters. The van der Waals surface area contributed by atoms with E-state index in [1.807, 2.05) is 30.3 Å². The summed E-state index contributed by atoms with van der Waals surface area (Å²) in [5.74, 6) is 0.364. The number of carbonyl (C=O) groups is 1. The van der Waals surface area contributed by atoms with Crippen LogP contribution in [0.25, 0.3) is 11.3 Å². The number of nitrogens with zero attached hydrogens (tertiary/aromatic N) is 2. The van der Waals surface area contributed by atoms with Crippen LogP contribution in [0.3, 0.4) is 0 Å². The zero-order valence-electron chi connectivity index (χ0n) is 13.0. The molecule has 2 aromatic rings. The fourth-order valence-electron chi connectivity index (χ4n) is 2.62. The Kier molecular flexibility index (Phi) is 5.39. The number of carbonyl (C=O) groups excluding carboxylic acids is 1. The number of rotatable bonds is 6. The number of nitrogens with one attached hydrogen (secondary N) is 1. The zero-order chi connectivity index (χ0) is 15.9. The maximum atomic E-state index is 12.3. The molecule has 6 heteroatoms. The van der Waals surface area contributed by atoms with E-state index in [0.29, 0.717) is 17.9 Å². The minimum absolute atomic E-state index is 0.146. The zero-order valence-corrected chi connectivity index (χ0v) is 13.0. The van der Waals surface area contributed by atoms with Crippen LogP contribution in [0.15, 0.2) is 41.1 Å². The van der Waals surface area contributed by atoms with Gasteiger partial charge in [-0.3, -0.25) is 9.69 Å². The van der Waals surface area contributed by atoms with Crippen molar-refractivity contribution in [3.05, 3.63) is 42.1 Å². The normalized spacial score (nSPS) is 15.5. The average molecular weight is 315 g/mol. The van der Waals surface area contributed by atoms with Gasteiger partial charge < -0.3 is 14.6 Å². The first-order valence-electron chi connectivity index (χ1n) is 7.93. The lowest BCUT2D eigenvalue weighted by atomic mass is 10.1. The standard InChI is InChI=1S/C17H21N3O3/c21-17(18-7-4-8-20-9-11-22-12-10-20)15-13-19-23-16(15)14-5-2-1-3-6-14/h1-3,5-6,13H,4,7-12H2,(H,18,21). The molecule has 1 fully saturated rings. The van der Waals surface area contributed by atoms with Crippen molar-refractivity contribution < 1.29 is 14.1 Å². The summed E-state index contributed by atoms with van der Waals surface area (Å²) in [6, 6.07) is 9.53. The number of ether oxygens (including phenoxy) is 1. The molecule has 1 N–H and O–H groups in total. The molecular weight excluding hydrogens is 294 g/mol. The van der Waals surface area contributed by atoms with Crippen molar-refractivity contribution >= 4 is 5.91 Å². The van der Waals surface area contributed by atoms with Gasteiger partial charge in [0.05, 0.1) is 19.4 Å². The number of aromatic nitrogens is 1. The van der Waals surface area contributed by atoms with Gasteiger partial charge in [0.25, 0.3) is 5.91 Å². The van der Waals surface area contributed by atoms with E-state index in [2.05, 4.69) is 15.4 Å². The van der Waals surface area contributed by atoms with E-state index >= 15 is 0 Å². The van der Waals surface area contributed by atoms with Crippen LogP contribution in [0, 0.1) is 0 Å². The van der Waals surface area contributed by atoms with Crippen molar-refractivity contribution in [2.75, 3.05) is 39.4 Å². The fraction of sp³-hybridized carbons (Fsp3) is 0.412. The van der Waals surface area contributed by atoms with Crippen molar-refractivity contribution in [2.24, 2.45) is 0 Å². The first kappa shape index (κ1) is 15.7. The van der Waals surface area contributed by atoms with Crippen molar-refractivity contribution in [2.45, 2.75) is 6.42 Å². The van der Waals surface area contributed by atoms with Gasteiger partial charge >= 0.3 is 0 Å². The minimum atomic E-state index is -0.146. The van der Waals surface area contributed by atoms with Crippen molar-refractivity contribution in [3.63, 3.8) is 0 Å². The maximum Gasteiger partial charge on any atom is 0.256 e. The lowest BCUT2D eigenvalue weighted by Gasteiger charge is -2.26. The second-order valence-electron chi connectivity index (χ2n) is 5.50. The van der Waals surface area contributed by atoms with Gasteiger partial charge in [-0.05, 0) is 13.0 Å². The summed E-state index contributed by atoms with van der Waals surface area (Å²) in [5.41, 5.74) is 1.33. The monoisotopic (exact) mass is 315 g/mol. The van der Waals surface area contributed by atoms with Gasteiger partial charge in [0.15, 0.2) is 5.76 Å². The van der Waals surface area contributed by atoms with E-state index < -0.39 is 0 Å². The van der Waals surface area contributed by atoms with Crippen LogP contribution in [0.5, 0.6) is 0 Å². The second kappa shape index (κ2) is 7.89. The van der Waals surface area contributed by atoms with E-state index in [1.165, 1.54) is 6.20 Å². The molecule has 0 bridgehead atoms. The van der Waals surface area contributed by atoms with Gasteiger partial charge in [0, 0.05) is 25.2 Å². The lowest BCUT2D eigenvalue weighted by Crippen LogP contribution is -2.38. The van der Waals surface area contributed by atoms with Crippen LogP contribution in [-0.4, -0.2) is 55.4 Å². The van der Waals surface area contributed by atoms with Crippen LogP contribution in [-0.2, 0) is 4.74 Å². The molecule has 0 spiro atoms. The SMILES string of the molecule is O=C(NCCCN1CCOCC1)c1cnoc1-c1ccccc1. The smallest absolute Gasteiger partial charge is 0.256 e. The first-order chi connectivity index (χ1) is 11.3. The van der Waals surface area contributed by atoms with Gasteiger partial charge in [-0.25, -0.2) is 0 Å². The van der Waals surface area contributed by atoms with Crippen molar-refractivity contribution in [3.8, 4) is 11.3 Å². The number of benzene rings is 1. The molecule has 1 aliphatic rings. The fourth-order valence-corrected chi connectivity index (χ4v) is 2.62. The highest BCUT2D eigenvalue weighted by Gasteiger charge is 2.17. The Morgan fingerprint density at radius 1 is 1.22 bits per heavy atom. The largest absolute Gasteiger partial charge is 0.379 e. The van der Waals surface area contributed by atoms with Crippen LogP contribution < -0.4 is 5.32 Å². The van der Waals surface area contributed by atoms with Crippen molar-refractivity contribution in [1.82, 2.24) is 15.4 Å². The molecule has 1 amide bonds. The highest BCUT2D eigenvalue weighted by Crippen LogP contribution is 2.22. The molecule has 1 aromatic heterocycles. The Labute approximate surface area is 135 Å². The molecule has 3 rings (SSSR count). The van der Waals surface area contributed by atoms with Gasteiger partial charge in [0.1, 0.15) is 5.56 Å². The molecule has 0 saturated carbocycles. The Balaban J connectivity index is 1.50. The quantitative estimate of drug-likeness (QED) is 0.823. The summed E-state index contributed by atoms with van der Waals surface area (Å²) in [4.78, 5) is 14.7. The minimum Gasteiger partial charge on any atom is -0.379 e. The van der Waals surface area contributed by atoms with Crippen LogP contribution in [0.2, 0.25) is 0 Å². The van der Waals surface area contributed by atoms with Crippen LogP contribution in [0.1, 0.15) is 16.8 Å². The molecule has 0 aliphatic carbocycles. The highest BCUT2D eigenvalue weighted by molar-refractivity contribution is 5.99. The summed E-state index contributed by atoms with van der Waals surface area (Å²) < 4.78 is 10.6.